The zero-order valence-electron chi connectivity index (χ0n) is 12.9. The molecule has 0 fully saturated rings. The summed E-state index contributed by atoms with van der Waals surface area (Å²) >= 11 is 3.17. The summed E-state index contributed by atoms with van der Waals surface area (Å²) < 4.78 is 39.5. The van der Waals surface area contributed by atoms with E-state index in [2.05, 4.69) is 20.9 Å². The molecule has 0 unspecified atom stereocenters. The van der Waals surface area contributed by atoms with Crippen molar-refractivity contribution < 1.29 is 22.9 Å². The normalized spacial score (nSPS) is 17.4. The number of rotatable bonds is 2. The third kappa shape index (κ3) is 2.96. The summed E-state index contributed by atoms with van der Waals surface area (Å²) in [6.45, 7) is 2.14. The first-order chi connectivity index (χ1) is 11.6. The average Bonchev–Trinajstić information content (AvgIpc) is 2.86. The molecular formula is C14H12BrF3N4O3. The maximum Gasteiger partial charge on any atom is 0.471 e. The van der Waals surface area contributed by atoms with Crippen LogP contribution >= 0.6 is 15.9 Å². The van der Waals surface area contributed by atoms with E-state index in [1.54, 1.807) is 17.6 Å². The summed E-state index contributed by atoms with van der Waals surface area (Å²) in [5, 5.41) is 13.3. The highest BCUT2D eigenvalue weighted by molar-refractivity contribution is 9.10. The molecule has 0 spiro atoms. The Balaban J connectivity index is 2.15. The number of carbonyl (C=O) groups excluding carboxylic acids is 1. The van der Waals surface area contributed by atoms with E-state index in [0.717, 1.165) is 0 Å². The van der Waals surface area contributed by atoms with Crippen LogP contribution in [0.4, 0.5) is 18.9 Å². The molecule has 2 heterocycles. The predicted molar refractivity (Wildman–Crippen MR) is 85.0 cm³/mol. The molecule has 25 heavy (non-hydrogen) atoms. The SMILES string of the molecule is Cc1cc2c(nc3n2CCC[C@H]3NC(=O)C(F)(F)F)c([N+](=O)[O-])c1Br. The molecule has 2 aromatic rings. The van der Waals surface area contributed by atoms with Crippen LogP contribution in [0.25, 0.3) is 11.0 Å². The minimum atomic E-state index is -5.00. The van der Waals surface area contributed by atoms with Gasteiger partial charge in [0.2, 0.25) is 0 Å². The number of benzene rings is 1. The van der Waals surface area contributed by atoms with Gasteiger partial charge in [0, 0.05) is 6.54 Å². The molecule has 0 radical (unpaired) electrons. The van der Waals surface area contributed by atoms with E-state index < -0.39 is 23.0 Å². The van der Waals surface area contributed by atoms with Crippen molar-refractivity contribution in [2.45, 2.75) is 38.5 Å². The summed E-state index contributed by atoms with van der Waals surface area (Å²) in [5.41, 5.74) is 0.931. The lowest BCUT2D eigenvalue weighted by atomic mass is 10.1. The highest BCUT2D eigenvalue weighted by Gasteiger charge is 2.41. The first-order valence-corrected chi connectivity index (χ1v) is 8.12. The summed E-state index contributed by atoms with van der Waals surface area (Å²) in [6, 6.07) is 0.741. The van der Waals surface area contributed by atoms with E-state index in [1.807, 2.05) is 5.32 Å². The first kappa shape index (κ1) is 17.6. The molecule has 134 valence electrons. The molecule has 0 aliphatic carbocycles. The number of carbonyl (C=O) groups is 1. The van der Waals surface area contributed by atoms with Gasteiger partial charge in [-0.15, -0.1) is 0 Å². The Morgan fingerprint density at radius 2 is 2.20 bits per heavy atom. The van der Waals surface area contributed by atoms with Crippen LogP contribution < -0.4 is 5.32 Å². The monoisotopic (exact) mass is 420 g/mol. The molecule has 1 aliphatic rings. The quantitative estimate of drug-likeness (QED) is 0.594. The van der Waals surface area contributed by atoms with Gasteiger partial charge >= 0.3 is 17.8 Å². The van der Waals surface area contributed by atoms with Crippen LogP contribution in [0, 0.1) is 17.0 Å². The third-order valence-corrected chi connectivity index (χ3v) is 5.10. The number of halogens is 4. The lowest BCUT2D eigenvalue weighted by Gasteiger charge is -2.25. The zero-order chi connectivity index (χ0) is 18.5. The summed E-state index contributed by atoms with van der Waals surface area (Å²) in [7, 11) is 0. The Morgan fingerprint density at radius 1 is 1.52 bits per heavy atom. The number of hydrogen-bond acceptors (Lipinski definition) is 4. The molecule has 1 aromatic heterocycles. The van der Waals surface area contributed by atoms with Gasteiger partial charge in [0.25, 0.3) is 0 Å². The van der Waals surface area contributed by atoms with Crippen LogP contribution in [-0.4, -0.2) is 26.6 Å². The second kappa shape index (κ2) is 5.97. The van der Waals surface area contributed by atoms with Gasteiger partial charge < -0.3 is 9.88 Å². The number of nitrogens with zero attached hydrogens (tertiary/aromatic N) is 3. The van der Waals surface area contributed by atoms with Crippen LogP contribution in [0.1, 0.15) is 30.3 Å². The highest BCUT2D eigenvalue weighted by atomic mass is 79.9. The fourth-order valence-corrected chi connectivity index (χ4v) is 3.44. The van der Waals surface area contributed by atoms with Gasteiger partial charge in [0.05, 0.1) is 16.5 Å². The maximum atomic E-state index is 12.5. The van der Waals surface area contributed by atoms with E-state index in [0.29, 0.717) is 24.0 Å². The molecule has 1 aromatic carbocycles. The number of amides is 1. The van der Waals surface area contributed by atoms with Gasteiger partial charge in [-0.1, -0.05) is 0 Å². The first-order valence-electron chi connectivity index (χ1n) is 7.32. The van der Waals surface area contributed by atoms with Crippen molar-refractivity contribution in [3.05, 3.63) is 32.0 Å². The Morgan fingerprint density at radius 3 is 2.80 bits per heavy atom. The summed E-state index contributed by atoms with van der Waals surface area (Å²) in [6.07, 6.45) is -4.21. The second-order valence-corrected chi connectivity index (χ2v) is 6.56. The van der Waals surface area contributed by atoms with Crippen molar-refractivity contribution in [1.29, 1.82) is 0 Å². The van der Waals surface area contributed by atoms with Crippen LogP contribution in [0.3, 0.4) is 0 Å². The minimum Gasteiger partial charge on any atom is -0.338 e. The standard InChI is InChI=1S/C14H12BrF3N4O3/c1-6-5-8-10(11(9(6)15)22(24)25)20-12-7(3-2-4-21(8)12)19-13(23)14(16,17)18/h5,7H,2-4H2,1H3,(H,19,23)/t7-/m1/s1. The number of hydrogen-bond donors (Lipinski definition) is 1. The Kier molecular flexibility index (Phi) is 4.21. The second-order valence-electron chi connectivity index (χ2n) is 5.77. The van der Waals surface area contributed by atoms with Gasteiger partial charge in [0.1, 0.15) is 10.3 Å². The fourth-order valence-electron chi connectivity index (χ4n) is 2.99. The molecule has 1 amide bonds. The van der Waals surface area contributed by atoms with E-state index in [9.17, 15) is 28.1 Å². The molecule has 1 aliphatic heterocycles. The fraction of sp³-hybridized carbons (Fsp3) is 0.429. The van der Waals surface area contributed by atoms with E-state index in [4.69, 9.17) is 0 Å². The van der Waals surface area contributed by atoms with Gasteiger partial charge in [-0.3, -0.25) is 14.9 Å². The molecule has 11 heteroatoms. The summed E-state index contributed by atoms with van der Waals surface area (Å²) in [4.78, 5) is 26.3. The molecule has 7 nitrogen and oxygen atoms in total. The Labute approximate surface area is 147 Å². The largest absolute Gasteiger partial charge is 0.471 e. The van der Waals surface area contributed by atoms with Crippen LogP contribution in [-0.2, 0) is 11.3 Å². The number of aryl methyl sites for hydroxylation is 2. The molecule has 1 N–H and O–H groups in total. The molecule has 1 atom stereocenters. The molecule has 0 bridgehead atoms. The molecular weight excluding hydrogens is 409 g/mol. The van der Waals surface area contributed by atoms with Crippen molar-refractivity contribution >= 4 is 38.6 Å². The van der Waals surface area contributed by atoms with E-state index in [-0.39, 0.29) is 27.9 Å². The average molecular weight is 421 g/mol. The third-order valence-electron chi connectivity index (χ3n) is 4.10. The van der Waals surface area contributed by atoms with Crippen molar-refractivity contribution in [2.24, 2.45) is 0 Å². The van der Waals surface area contributed by atoms with Gasteiger partial charge in [-0.2, -0.15) is 13.2 Å². The molecule has 0 saturated heterocycles. The lowest BCUT2D eigenvalue weighted by molar-refractivity contribution is -0.384. The van der Waals surface area contributed by atoms with Crippen LogP contribution in [0.15, 0.2) is 10.5 Å². The highest BCUT2D eigenvalue weighted by Crippen LogP contribution is 2.39. The van der Waals surface area contributed by atoms with Crippen molar-refractivity contribution in [3.8, 4) is 0 Å². The number of aromatic nitrogens is 2. The van der Waals surface area contributed by atoms with Gasteiger partial charge in [0.15, 0.2) is 5.52 Å². The zero-order valence-corrected chi connectivity index (χ0v) is 14.4. The van der Waals surface area contributed by atoms with Crippen LogP contribution in [0.5, 0.6) is 0 Å². The minimum absolute atomic E-state index is 0.0885. The predicted octanol–water partition coefficient (Wildman–Crippen LogP) is 3.53. The smallest absolute Gasteiger partial charge is 0.338 e. The Bertz CT molecular complexity index is 894. The number of nitrogens with one attached hydrogen (secondary N) is 1. The van der Waals surface area contributed by atoms with Crippen molar-refractivity contribution in [2.75, 3.05) is 0 Å². The van der Waals surface area contributed by atoms with E-state index in [1.165, 1.54) is 0 Å². The lowest BCUT2D eigenvalue weighted by Crippen LogP contribution is -2.41. The van der Waals surface area contributed by atoms with Crippen molar-refractivity contribution in [3.63, 3.8) is 0 Å². The topological polar surface area (TPSA) is 90.1 Å². The van der Waals surface area contributed by atoms with Crippen molar-refractivity contribution in [1.82, 2.24) is 14.9 Å². The van der Waals surface area contributed by atoms with Gasteiger partial charge in [-0.25, -0.2) is 4.98 Å². The number of alkyl halides is 3. The number of nitro groups is 1. The maximum absolute atomic E-state index is 12.5. The molecule has 3 rings (SSSR count). The van der Waals surface area contributed by atoms with Gasteiger partial charge in [-0.05, 0) is 47.3 Å². The number of fused-ring (bicyclic) bond motifs is 3. The number of nitro benzene ring substituents is 1. The Hall–Kier alpha value is -2.17. The number of imidazole rings is 1. The summed E-state index contributed by atoms with van der Waals surface area (Å²) in [5.74, 6) is -1.86. The molecule has 0 saturated carbocycles. The van der Waals surface area contributed by atoms with E-state index >= 15 is 0 Å². The van der Waals surface area contributed by atoms with Crippen LogP contribution in [0.2, 0.25) is 0 Å².